The van der Waals surface area contributed by atoms with Crippen LogP contribution in [-0.2, 0) is 0 Å². The van der Waals surface area contributed by atoms with E-state index in [1.165, 1.54) is 6.07 Å². The van der Waals surface area contributed by atoms with Crippen LogP contribution in [0.5, 0.6) is 0 Å². The van der Waals surface area contributed by atoms with Gasteiger partial charge in [-0.3, -0.25) is 4.79 Å². The molecule has 2 N–H and O–H groups in total. The third-order valence-corrected chi connectivity index (χ3v) is 1.85. The number of hydrogen-bond acceptors (Lipinski definition) is 2. The summed E-state index contributed by atoms with van der Waals surface area (Å²) in [4.78, 5) is 11.2. The summed E-state index contributed by atoms with van der Waals surface area (Å²) in [6.45, 7) is 0. The van der Waals surface area contributed by atoms with Gasteiger partial charge in [0, 0.05) is 9.92 Å². The van der Waals surface area contributed by atoms with Gasteiger partial charge >= 0.3 is 0 Å². The molecular formula is C7H6ClNOS. The van der Waals surface area contributed by atoms with Gasteiger partial charge in [0.1, 0.15) is 0 Å². The monoisotopic (exact) mass is 187 g/mol. The molecule has 1 aromatic carbocycles. The van der Waals surface area contributed by atoms with Gasteiger partial charge in [0.25, 0.3) is 0 Å². The first kappa shape index (κ1) is 8.43. The van der Waals surface area contributed by atoms with Crippen molar-refractivity contribution in [2.75, 3.05) is 0 Å². The number of carbonyl (C=O) groups is 1. The Morgan fingerprint density at radius 1 is 1.55 bits per heavy atom. The third kappa shape index (κ3) is 1.88. The van der Waals surface area contributed by atoms with E-state index in [4.69, 9.17) is 17.3 Å². The van der Waals surface area contributed by atoms with Crippen LogP contribution in [0.3, 0.4) is 0 Å². The summed E-state index contributed by atoms with van der Waals surface area (Å²) >= 11 is 9.64. The fraction of sp³-hybridized carbons (Fsp3) is 0. The lowest BCUT2D eigenvalue weighted by atomic mass is 10.2. The summed E-state index contributed by atoms with van der Waals surface area (Å²) < 4.78 is 0. The molecule has 0 fully saturated rings. The van der Waals surface area contributed by atoms with Crippen molar-refractivity contribution in [3.8, 4) is 0 Å². The Bertz CT molecular complexity index is 300. The van der Waals surface area contributed by atoms with Gasteiger partial charge in [-0.25, -0.2) is 0 Å². The number of hydrogen-bond donors (Lipinski definition) is 2. The number of carbonyl (C=O) groups excluding carboxylic acids is 1. The molecule has 4 heteroatoms. The quantitative estimate of drug-likeness (QED) is 0.647. The van der Waals surface area contributed by atoms with Crippen LogP contribution >= 0.6 is 24.2 Å². The molecule has 0 aliphatic heterocycles. The lowest BCUT2D eigenvalue weighted by Gasteiger charge is -1.99. The molecule has 0 saturated carbocycles. The number of amides is 1. The van der Waals surface area contributed by atoms with Crippen LogP contribution in [0.25, 0.3) is 0 Å². The highest BCUT2D eigenvalue weighted by molar-refractivity contribution is 7.80. The van der Waals surface area contributed by atoms with E-state index in [2.05, 4.69) is 12.6 Å². The second kappa shape index (κ2) is 3.15. The standard InChI is InChI=1S/C7H6ClNOS/c8-4-1-2-6(11)5(3-4)7(9)10/h1-3,11H,(H2,9,10). The number of nitrogens with two attached hydrogens (primary N) is 1. The summed E-state index contributed by atoms with van der Waals surface area (Å²) in [6, 6.07) is 4.77. The number of thiol groups is 1. The lowest BCUT2D eigenvalue weighted by molar-refractivity contribution is 0.0997. The van der Waals surface area contributed by atoms with E-state index >= 15 is 0 Å². The smallest absolute Gasteiger partial charge is 0.249 e. The molecule has 11 heavy (non-hydrogen) atoms. The minimum atomic E-state index is -0.516. The van der Waals surface area contributed by atoms with Crippen molar-refractivity contribution in [2.45, 2.75) is 4.90 Å². The zero-order valence-corrected chi connectivity index (χ0v) is 7.19. The zero-order chi connectivity index (χ0) is 8.43. The topological polar surface area (TPSA) is 43.1 Å². The highest BCUT2D eigenvalue weighted by Crippen LogP contribution is 2.18. The Morgan fingerprint density at radius 2 is 2.18 bits per heavy atom. The van der Waals surface area contributed by atoms with Gasteiger partial charge in [-0.15, -0.1) is 12.6 Å². The van der Waals surface area contributed by atoms with Gasteiger partial charge < -0.3 is 5.73 Å². The maximum atomic E-state index is 10.7. The Balaban J connectivity index is 3.23. The van der Waals surface area contributed by atoms with E-state index in [1.54, 1.807) is 12.1 Å². The van der Waals surface area contributed by atoms with Crippen molar-refractivity contribution in [2.24, 2.45) is 5.73 Å². The van der Waals surface area contributed by atoms with Gasteiger partial charge in [0.15, 0.2) is 0 Å². The molecule has 1 rings (SSSR count). The van der Waals surface area contributed by atoms with Crippen LogP contribution in [-0.4, -0.2) is 5.91 Å². The predicted molar refractivity (Wildman–Crippen MR) is 47.2 cm³/mol. The molecule has 0 aromatic heterocycles. The molecule has 0 saturated heterocycles. The van der Waals surface area contributed by atoms with Crippen molar-refractivity contribution < 1.29 is 4.79 Å². The lowest BCUT2D eigenvalue weighted by Crippen LogP contribution is -2.11. The number of halogens is 1. The first-order valence-electron chi connectivity index (χ1n) is 2.89. The second-order valence-corrected chi connectivity index (χ2v) is 2.94. The zero-order valence-electron chi connectivity index (χ0n) is 5.54. The molecule has 0 bridgehead atoms. The van der Waals surface area contributed by atoms with Crippen molar-refractivity contribution >= 4 is 30.1 Å². The second-order valence-electron chi connectivity index (χ2n) is 2.03. The molecule has 58 valence electrons. The Morgan fingerprint density at radius 3 is 2.64 bits per heavy atom. The Hall–Kier alpha value is -0.670. The molecule has 0 aliphatic carbocycles. The molecular weight excluding hydrogens is 182 g/mol. The first-order chi connectivity index (χ1) is 5.11. The fourth-order valence-corrected chi connectivity index (χ4v) is 1.13. The molecule has 0 aliphatic rings. The van der Waals surface area contributed by atoms with Crippen LogP contribution < -0.4 is 5.73 Å². The van der Waals surface area contributed by atoms with Crippen LogP contribution in [0.15, 0.2) is 23.1 Å². The Labute approximate surface area is 74.8 Å². The molecule has 0 spiro atoms. The molecule has 0 radical (unpaired) electrons. The molecule has 0 heterocycles. The summed E-state index contributed by atoms with van der Waals surface area (Å²) in [5.74, 6) is -0.516. The molecule has 1 amide bonds. The third-order valence-electron chi connectivity index (χ3n) is 1.22. The normalized spacial score (nSPS) is 9.64. The van der Waals surface area contributed by atoms with Crippen molar-refractivity contribution in [3.05, 3.63) is 28.8 Å². The number of benzene rings is 1. The summed E-state index contributed by atoms with van der Waals surface area (Å²) in [5.41, 5.74) is 5.39. The van der Waals surface area contributed by atoms with Crippen LogP contribution in [0.2, 0.25) is 5.02 Å². The maximum Gasteiger partial charge on any atom is 0.249 e. The SMILES string of the molecule is NC(=O)c1cc(Cl)ccc1S. The van der Waals surface area contributed by atoms with E-state index in [-0.39, 0.29) is 0 Å². The van der Waals surface area contributed by atoms with Crippen LogP contribution in [0.1, 0.15) is 10.4 Å². The summed E-state index contributed by atoms with van der Waals surface area (Å²) in [7, 11) is 0. The minimum absolute atomic E-state index is 0.348. The first-order valence-corrected chi connectivity index (χ1v) is 3.72. The van der Waals surface area contributed by atoms with Crippen LogP contribution in [0.4, 0.5) is 0 Å². The molecule has 2 nitrogen and oxygen atoms in total. The van der Waals surface area contributed by atoms with Crippen molar-refractivity contribution in [1.82, 2.24) is 0 Å². The van der Waals surface area contributed by atoms with Crippen LogP contribution in [0, 0.1) is 0 Å². The van der Waals surface area contributed by atoms with Crippen molar-refractivity contribution in [1.29, 1.82) is 0 Å². The van der Waals surface area contributed by atoms with E-state index in [1.807, 2.05) is 0 Å². The highest BCUT2D eigenvalue weighted by atomic mass is 35.5. The summed E-state index contributed by atoms with van der Waals surface area (Å²) in [6.07, 6.45) is 0. The average Bonchev–Trinajstić information content (AvgIpc) is 1.94. The number of primary amides is 1. The van der Waals surface area contributed by atoms with E-state index < -0.39 is 5.91 Å². The highest BCUT2D eigenvalue weighted by Gasteiger charge is 2.04. The fourth-order valence-electron chi connectivity index (χ4n) is 0.706. The van der Waals surface area contributed by atoms with Gasteiger partial charge in [-0.2, -0.15) is 0 Å². The Kier molecular flexibility index (Phi) is 2.42. The molecule has 1 aromatic rings. The molecule has 0 atom stereocenters. The van der Waals surface area contributed by atoms with E-state index in [0.717, 1.165) is 0 Å². The predicted octanol–water partition coefficient (Wildman–Crippen LogP) is 1.73. The summed E-state index contributed by atoms with van der Waals surface area (Å²) in [5, 5.41) is 0.483. The van der Waals surface area contributed by atoms with Gasteiger partial charge in [0.05, 0.1) is 5.56 Å². The van der Waals surface area contributed by atoms with Gasteiger partial charge in [-0.1, -0.05) is 11.6 Å². The van der Waals surface area contributed by atoms with Gasteiger partial charge in [0.2, 0.25) is 5.91 Å². The maximum absolute atomic E-state index is 10.7. The molecule has 0 unspecified atom stereocenters. The number of rotatable bonds is 1. The minimum Gasteiger partial charge on any atom is -0.366 e. The van der Waals surface area contributed by atoms with Crippen molar-refractivity contribution in [3.63, 3.8) is 0 Å². The van der Waals surface area contributed by atoms with E-state index in [9.17, 15) is 4.79 Å². The van der Waals surface area contributed by atoms with E-state index in [0.29, 0.717) is 15.5 Å². The van der Waals surface area contributed by atoms with Gasteiger partial charge in [-0.05, 0) is 18.2 Å². The largest absolute Gasteiger partial charge is 0.366 e. The average molecular weight is 188 g/mol.